The summed E-state index contributed by atoms with van der Waals surface area (Å²) in [7, 11) is 3.12. The van der Waals surface area contributed by atoms with Crippen LogP contribution >= 0.6 is 0 Å². The maximum absolute atomic E-state index is 12.7. The van der Waals surface area contributed by atoms with E-state index in [0.29, 0.717) is 29.1 Å². The van der Waals surface area contributed by atoms with Crippen molar-refractivity contribution in [1.29, 1.82) is 0 Å². The van der Waals surface area contributed by atoms with Crippen molar-refractivity contribution in [2.75, 3.05) is 14.2 Å². The van der Waals surface area contributed by atoms with Gasteiger partial charge in [0.05, 0.1) is 20.5 Å². The highest BCUT2D eigenvalue weighted by atomic mass is 16.5. The lowest BCUT2D eigenvalue weighted by atomic mass is 10.2. The fourth-order valence-electron chi connectivity index (χ4n) is 3.25. The van der Waals surface area contributed by atoms with Crippen molar-refractivity contribution in [3.63, 3.8) is 0 Å². The predicted molar refractivity (Wildman–Crippen MR) is 109 cm³/mol. The number of hydrogen-bond donors (Lipinski definition) is 2. The molecule has 0 bridgehead atoms. The smallest absolute Gasteiger partial charge is 0.278 e. The van der Waals surface area contributed by atoms with Gasteiger partial charge in [-0.15, -0.1) is 0 Å². The number of aromatic nitrogens is 3. The van der Waals surface area contributed by atoms with Crippen LogP contribution in [0.15, 0.2) is 53.6 Å². The van der Waals surface area contributed by atoms with Crippen LogP contribution in [0.25, 0.3) is 21.9 Å². The number of para-hydroxylation sites is 1. The van der Waals surface area contributed by atoms with Crippen molar-refractivity contribution in [3.8, 4) is 11.5 Å². The summed E-state index contributed by atoms with van der Waals surface area (Å²) in [6.07, 6.45) is 1.40. The van der Waals surface area contributed by atoms with Gasteiger partial charge in [0.1, 0.15) is 17.6 Å². The summed E-state index contributed by atoms with van der Waals surface area (Å²) in [5.74, 6) is 0.912. The number of rotatable bonds is 6. The first-order valence-electron chi connectivity index (χ1n) is 9.04. The quantitative estimate of drug-likeness (QED) is 0.524. The molecule has 2 aromatic carbocycles. The molecular weight excluding hydrogens is 372 g/mol. The zero-order valence-electron chi connectivity index (χ0n) is 16.1. The molecule has 0 aliphatic carbocycles. The predicted octanol–water partition coefficient (Wildman–Crippen LogP) is 2.21. The number of benzene rings is 2. The molecule has 29 heavy (non-hydrogen) atoms. The first kappa shape index (κ1) is 18.5. The molecule has 0 fully saturated rings. The third-order valence-corrected chi connectivity index (χ3v) is 4.73. The number of fused-ring (bicyclic) bond motifs is 3. The van der Waals surface area contributed by atoms with E-state index in [0.717, 1.165) is 16.5 Å². The van der Waals surface area contributed by atoms with Crippen molar-refractivity contribution in [2.45, 2.75) is 13.1 Å². The largest absolute Gasteiger partial charge is 0.493 e. The second-order valence-corrected chi connectivity index (χ2v) is 6.54. The standard InChI is InChI=1S/C21H20N4O4/c1-28-16-8-7-13(9-17(16)29-2)10-22-18(26)11-25-12-23-19-14-5-3-4-6-15(14)24-20(19)21(25)27/h3-9,12,24H,10-11H2,1-2H3,(H,22,26). The topological polar surface area (TPSA) is 98.2 Å². The number of methoxy groups -OCH3 is 2. The molecule has 0 saturated heterocycles. The van der Waals surface area contributed by atoms with Crippen LogP contribution < -0.4 is 20.3 Å². The van der Waals surface area contributed by atoms with Crippen LogP contribution in [0.1, 0.15) is 5.56 Å². The lowest BCUT2D eigenvalue weighted by Crippen LogP contribution is -2.32. The Bertz CT molecular complexity index is 1260. The number of carbonyl (C=O) groups is 1. The molecule has 2 N–H and O–H groups in total. The van der Waals surface area contributed by atoms with Crippen molar-refractivity contribution >= 4 is 27.8 Å². The zero-order valence-corrected chi connectivity index (χ0v) is 16.1. The monoisotopic (exact) mass is 392 g/mol. The highest BCUT2D eigenvalue weighted by Crippen LogP contribution is 2.27. The van der Waals surface area contributed by atoms with Gasteiger partial charge < -0.3 is 19.8 Å². The van der Waals surface area contributed by atoms with Crippen molar-refractivity contribution in [3.05, 3.63) is 64.7 Å². The maximum atomic E-state index is 12.7. The normalized spacial score (nSPS) is 11.0. The Morgan fingerprint density at radius 3 is 2.72 bits per heavy atom. The van der Waals surface area contributed by atoms with E-state index in [1.165, 1.54) is 10.9 Å². The lowest BCUT2D eigenvalue weighted by Gasteiger charge is -2.11. The molecular formula is C21H20N4O4. The van der Waals surface area contributed by atoms with E-state index >= 15 is 0 Å². The molecule has 148 valence electrons. The van der Waals surface area contributed by atoms with Crippen LogP contribution in [0.4, 0.5) is 0 Å². The molecule has 0 unspecified atom stereocenters. The molecule has 0 aliphatic heterocycles. The summed E-state index contributed by atoms with van der Waals surface area (Å²) >= 11 is 0. The van der Waals surface area contributed by atoms with E-state index < -0.39 is 0 Å². The molecule has 0 atom stereocenters. The number of hydrogen-bond acceptors (Lipinski definition) is 5. The Balaban J connectivity index is 1.50. The summed E-state index contributed by atoms with van der Waals surface area (Å²) in [4.78, 5) is 32.6. The summed E-state index contributed by atoms with van der Waals surface area (Å²) in [5.41, 5.74) is 2.40. The maximum Gasteiger partial charge on any atom is 0.278 e. The fourth-order valence-corrected chi connectivity index (χ4v) is 3.25. The first-order chi connectivity index (χ1) is 14.1. The van der Waals surface area contributed by atoms with E-state index in [1.807, 2.05) is 30.3 Å². The van der Waals surface area contributed by atoms with Gasteiger partial charge in [-0.2, -0.15) is 0 Å². The summed E-state index contributed by atoms with van der Waals surface area (Å²) in [6, 6.07) is 13.0. The van der Waals surface area contributed by atoms with Crippen LogP contribution in [0.2, 0.25) is 0 Å². The average Bonchev–Trinajstić information content (AvgIpc) is 3.13. The van der Waals surface area contributed by atoms with Crippen LogP contribution in [0.3, 0.4) is 0 Å². The van der Waals surface area contributed by atoms with Gasteiger partial charge in [-0.1, -0.05) is 24.3 Å². The molecule has 4 rings (SSSR count). The molecule has 0 saturated carbocycles. The minimum Gasteiger partial charge on any atom is -0.493 e. The van der Waals surface area contributed by atoms with Gasteiger partial charge in [-0.3, -0.25) is 14.2 Å². The van der Waals surface area contributed by atoms with Gasteiger partial charge in [-0.25, -0.2) is 4.98 Å². The van der Waals surface area contributed by atoms with Gasteiger partial charge in [-0.05, 0) is 23.8 Å². The van der Waals surface area contributed by atoms with E-state index in [1.54, 1.807) is 26.4 Å². The summed E-state index contributed by atoms with van der Waals surface area (Å²) in [6.45, 7) is 0.181. The number of carbonyl (C=O) groups excluding carboxylic acids is 1. The minimum atomic E-state index is -0.292. The zero-order chi connectivity index (χ0) is 20.4. The average molecular weight is 392 g/mol. The Morgan fingerprint density at radius 2 is 1.93 bits per heavy atom. The van der Waals surface area contributed by atoms with E-state index in [4.69, 9.17) is 9.47 Å². The molecule has 8 heteroatoms. The summed E-state index contributed by atoms with van der Waals surface area (Å²) < 4.78 is 11.8. The Kier molecular flexibility index (Phi) is 4.90. The fraction of sp³-hybridized carbons (Fsp3) is 0.190. The molecule has 0 spiro atoms. The molecule has 1 amide bonds. The highest BCUT2D eigenvalue weighted by molar-refractivity contribution is 6.04. The van der Waals surface area contributed by atoms with Gasteiger partial charge in [0.15, 0.2) is 11.5 Å². The Labute approximate surface area is 166 Å². The molecule has 8 nitrogen and oxygen atoms in total. The number of amides is 1. The van der Waals surface area contributed by atoms with Crippen molar-refractivity contribution < 1.29 is 14.3 Å². The molecule has 2 heterocycles. The van der Waals surface area contributed by atoms with Crippen LogP contribution in [-0.4, -0.2) is 34.7 Å². The number of nitrogens with zero attached hydrogens (tertiary/aromatic N) is 2. The van der Waals surface area contributed by atoms with Gasteiger partial charge in [0.25, 0.3) is 5.56 Å². The minimum absolute atomic E-state index is 0.121. The van der Waals surface area contributed by atoms with Gasteiger partial charge in [0.2, 0.25) is 5.91 Å². The van der Waals surface area contributed by atoms with Crippen LogP contribution in [0.5, 0.6) is 11.5 Å². The lowest BCUT2D eigenvalue weighted by molar-refractivity contribution is -0.121. The number of aromatic amines is 1. The second-order valence-electron chi connectivity index (χ2n) is 6.54. The molecule has 0 radical (unpaired) electrons. The summed E-state index contributed by atoms with van der Waals surface area (Å²) in [5, 5.41) is 3.68. The Morgan fingerprint density at radius 1 is 1.14 bits per heavy atom. The molecule has 4 aromatic rings. The van der Waals surface area contributed by atoms with Crippen LogP contribution in [0, 0.1) is 0 Å². The number of nitrogens with one attached hydrogen (secondary N) is 2. The number of H-pyrrole nitrogens is 1. The van der Waals surface area contributed by atoms with Crippen molar-refractivity contribution in [2.24, 2.45) is 0 Å². The molecule has 2 aromatic heterocycles. The first-order valence-corrected chi connectivity index (χ1v) is 9.04. The third kappa shape index (κ3) is 3.52. The molecule has 0 aliphatic rings. The highest BCUT2D eigenvalue weighted by Gasteiger charge is 2.12. The third-order valence-electron chi connectivity index (χ3n) is 4.73. The van der Waals surface area contributed by atoms with Gasteiger partial charge in [0, 0.05) is 17.4 Å². The SMILES string of the molecule is COc1ccc(CNC(=O)Cn2cnc3c([nH]c4ccccc43)c2=O)cc1OC. The number of ether oxygens (including phenoxy) is 2. The van der Waals surface area contributed by atoms with E-state index in [2.05, 4.69) is 15.3 Å². The Hall–Kier alpha value is -3.81. The van der Waals surface area contributed by atoms with Crippen LogP contribution in [-0.2, 0) is 17.9 Å². The van der Waals surface area contributed by atoms with E-state index in [9.17, 15) is 9.59 Å². The second kappa shape index (κ2) is 7.67. The van der Waals surface area contributed by atoms with E-state index in [-0.39, 0.29) is 18.0 Å². The van der Waals surface area contributed by atoms with Gasteiger partial charge >= 0.3 is 0 Å². The van der Waals surface area contributed by atoms with Crippen molar-refractivity contribution in [1.82, 2.24) is 19.9 Å².